The Kier molecular flexibility index (Phi) is 6.67. The van der Waals surface area contributed by atoms with E-state index in [0.717, 1.165) is 12.2 Å². The molecule has 0 aromatic carbocycles. The van der Waals surface area contributed by atoms with Gasteiger partial charge in [0.05, 0.1) is 4.90 Å². The Bertz CT molecular complexity index is 511. The van der Waals surface area contributed by atoms with Crippen LogP contribution in [0.3, 0.4) is 0 Å². The van der Waals surface area contributed by atoms with Crippen LogP contribution in [0.4, 0.5) is 0 Å². The number of aryl methyl sites for hydroxylation is 1. The zero-order valence-corrected chi connectivity index (χ0v) is 13.5. The van der Waals surface area contributed by atoms with E-state index in [9.17, 15) is 8.42 Å². The summed E-state index contributed by atoms with van der Waals surface area (Å²) < 4.78 is 34.0. The van der Waals surface area contributed by atoms with Crippen molar-refractivity contribution in [3.63, 3.8) is 0 Å². The van der Waals surface area contributed by atoms with Gasteiger partial charge in [-0.3, -0.25) is 0 Å². The van der Waals surface area contributed by atoms with E-state index < -0.39 is 10.0 Å². The van der Waals surface area contributed by atoms with E-state index >= 15 is 0 Å². The van der Waals surface area contributed by atoms with Gasteiger partial charge < -0.3 is 14.6 Å². The summed E-state index contributed by atoms with van der Waals surface area (Å²) in [5.74, 6) is 0. The molecule has 6 nitrogen and oxygen atoms in total. The lowest BCUT2D eigenvalue weighted by molar-refractivity contribution is 0.188. The van der Waals surface area contributed by atoms with Crippen LogP contribution in [0.2, 0.25) is 0 Å². The number of nitrogens with one attached hydrogen (secondary N) is 2. The highest BCUT2D eigenvalue weighted by Crippen LogP contribution is 2.14. The fourth-order valence-corrected chi connectivity index (χ4v) is 3.21. The Balaban J connectivity index is 2.77. The molecule has 0 spiro atoms. The molecule has 0 saturated carbocycles. The topological polar surface area (TPSA) is 72.4 Å². The van der Waals surface area contributed by atoms with Crippen LogP contribution in [0, 0.1) is 0 Å². The van der Waals surface area contributed by atoms with Gasteiger partial charge in [-0.05, 0) is 26.0 Å². The highest BCUT2D eigenvalue weighted by Gasteiger charge is 2.19. The summed E-state index contributed by atoms with van der Waals surface area (Å²) >= 11 is 0. The minimum Gasteiger partial charge on any atom is -0.385 e. The Morgan fingerprint density at radius 2 is 2.15 bits per heavy atom. The standard InChI is InChI=1S/C13H25N3O3S/c1-5-14-9-12-8-13(10-16(12)3)20(17,18)15-11(2)6-7-19-4/h8,10-11,14-15H,5-7,9H2,1-4H3. The summed E-state index contributed by atoms with van der Waals surface area (Å²) in [6.45, 7) is 5.88. The molecule has 2 N–H and O–H groups in total. The number of sulfonamides is 1. The van der Waals surface area contributed by atoms with Crippen LogP contribution in [-0.4, -0.2) is 39.3 Å². The molecule has 0 fully saturated rings. The van der Waals surface area contributed by atoms with Crippen molar-refractivity contribution in [1.29, 1.82) is 0 Å². The van der Waals surface area contributed by atoms with Gasteiger partial charge in [0.15, 0.2) is 0 Å². The Hall–Kier alpha value is -0.890. The third-order valence-corrected chi connectivity index (χ3v) is 4.62. The normalized spacial score (nSPS) is 13.6. The van der Waals surface area contributed by atoms with Crippen LogP contribution in [0.25, 0.3) is 0 Å². The molecule has 0 aliphatic carbocycles. The van der Waals surface area contributed by atoms with Crippen molar-refractivity contribution in [1.82, 2.24) is 14.6 Å². The van der Waals surface area contributed by atoms with E-state index in [1.165, 1.54) is 0 Å². The van der Waals surface area contributed by atoms with E-state index in [4.69, 9.17) is 4.74 Å². The summed E-state index contributed by atoms with van der Waals surface area (Å²) in [6.07, 6.45) is 2.28. The Morgan fingerprint density at radius 3 is 2.75 bits per heavy atom. The number of hydrogen-bond donors (Lipinski definition) is 2. The van der Waals surface area contributed by atoms with Crippen LogP contribution in [0.5, 0.6) is 0 Å². The molecule has 0 radical (unpaired) electrons. The summed E-state index contributed by atoms with van der Waals surface area (Å²) in [5.41, 5.74) is 0.941. The van der Waals surface area contributed by atoms with Crippen molar-refractivity contribution in [2.45, 2.75) is 37.8 Å². The molecule has 20 heavy (non-hydrogen) atoms. The number of ether oxygens (including phenoxy) is 1. The molecule has 1 heterocycles. The van der Waals surface area contributed by atoms with Crippen LogP contribution < -0.4 is 10.0 Å². The van der Waals surface area contributed by atoms with Crippen LogP contribution in [0.15, 0.2) is 17.2 Å². The van der Waals surface area contributed by atoms with Crippen LogP contribution >= 0.6 is 0 Å². The highest BCUT2D eigenvalue weighted by molar-refractivity contribution is 7.89. The number of rotatable bonds is 9. The second kappa shape index (κ2) is 7.78. The molecule has 0 aliphatic rings. The third-order valence-electron chi connectivity index (χ3n) is 3.06. The second-order valence-electron chi connectivity index (χ2n) is 4.86. The van der Waals surface area contributed by atoms with Crippen LogP contribution in [0.1, 0.15) is 26.0 Å². The van der Waals surface area contributed by atoms with Gasteiger partial charge in [-0.2, -0.15) is 0 Å². The first-order valence-electron chi connectivity index (χ1n) is 6.78. The van der Waals surface area contributed by atoms with Gasteiger partial charge in [-0.15, -0.1) is 0 Å². The summed E-state index contributed by atoms with van der Waals surface area (Å²) in [6, 6.07) is 1.55. The largest absolute Gasteiger partial charge is 0.385 e. The van der Waals surface area contributed by atoms with Crippen molar-refractivity contribution in [3.8, 4) is 0 Å². The lowest BCUT2D eigenvalue weighted by Gasteiger charge is -2.12. The predicted octanol–water partition coefficient (Wildman–Crippen LogP) is 0.838. The van der Waals surface area contributed by atoms with E-state index in [1.54, 1.807) is 19.4 Å². The first-order chi connectivity index (χ1) is 9.40. The zero-order chi connectivity index (χ0) is 15.2. The Morgan fingerprint density at radius 1 is 1.45 bits per heavy atom. The van der Waals surface area contributed by atoms with Gasteiger partial charge in [0.1, 0.15) is 0 Å². The van der Waals surface area contributed by atoms with Crippen molar-refractivity contribution < 1.29 is 13.2 Å². The maximum atomic E-state index is 12.3. The highest BCUT2D eigenvalue weighted by atomic mass is 32.2. The maximum Gasteiger partial charge on any atom is 0.242 e. The van der Waals surface area contributed by atoms with Crippen molar-refractivity contribution >= 4 is 10.0 Å². The van der Waals surface area contributed by atoms with Gasteiger partial charge in [0, 0.05) is 45.2 Å². The zero-order valence-electron chi connectivity index (χ0n) is 12.6. The van der Waals surface area contributed by atoms with Gasteiger partial charge >= 0.3 is 0 Å². The molecule has 116 valence electrons. The fraction of sp³-hybridized carbons (Fsp3) is 0.692. The first-order valence-corrected chi connectivity index (χ1v) is 8.26. The summed E-state index contributed by atoms with van der Waals surface area (Å²) in [7, 11) is -0.0209. The molecule has 1 unspecified atom stereocenters. The average Bonchev–Trinajstić information content (AvgIpc) is 2.75. The van der Waals surface area contributed by atoms with E-state index in [2.05, 4.69) is 10.0 Å². The number of methoxy groups -OCH3 is 1. The van der Waals surface area contributed by atoms with Crippen molar-refractivity contribution in [2.75, 3.05) is 20.3 Å². The minimum absolute atomic E-state index is 0.155. The SMILES string of the molecule is CCNCc1cc(S(=O)(=O)NC(C)CCOC)cn1C. The summed E-state index contributed by atoms with van der Waals surface area (Å²) in [5, 5.41) is 3.19. The first kappa shape index (κ1) is 17.2. The number of nitrogens with zero attached hydrogens (tertiary/aromatic N) is 1. The van der Waals surface area contributed by atoms with Gasteiger partial charge in [-0.25, -0.2) is 13.1 Å². The van der Waals surface area contributed by atoms with Gasteiger partial charge in [0.2, 0.25) is 10.0 Å². The lowest BCUT2D eigenvalue weighted by atomic mass is 10.3. The maximum absolute atomic E-state index is 12.3. The third kappa shape index (κ3) is 4.90. The number of aromatic nitrogens is 1. The van der Waals surface area contributed by atoms with E-state index in [-0.39, 0.29) is 6.04 Å². The van der Waals surface area contributed by atoms with Gasteiger partial charge in [0.25, 0.3) is 0 Å². The molecule has 0 amide bonds. The molecule has 1 aromatic rings. The van der Waals surface area contributed by atoms with Gasteiger partial charge in [-0.1, -0.05) is 6.92 Å². The molecule has 0 aliphatic heterocycles. The molecule has 0 saturated heterocycles. The van der Waals surface area contributed by atoms with E-state index in [1.807, 2.05) is 25.5 Å². The number of hydrogen-bond acceptors (Lipinski definition) is 4. The average molecular weight is 303 g/mol. The molecule has 0 bridgehead atoms. The summed E-state index contributed by atoms with van der Waals surface area (Å²) in [4.78, 5) is 0.303. The molecular weight excluding hydrogens is 278 g/mol. The van der Waals surface area contributed by atoms with Crippen molar-refractivity contribution in [3.05, 3.63) is 18.0 Å². The fourth-order valence-electron chi connectivity index (χ4n) is 1.84. The predicted molar refractivity (Wildman–Crippen MR) is 79.1 cm³/mol. The Labute approximate surface area is 121 Å². The minimum atomic E-state index is -3.47. The molecule has 7 heteroatoms. The van der Waals surface area contributed by atoms with Crippen molar-refractivity contribution in [2.24, 2.45) is 7.05 Å². The molecule has 1 rings (SSSR count). The smallest absolute Gasteiger partial charge is 0.242 e. The second-order valence-corrected chi connectivity index (χ2v) is 6.58. The quantitative estimate of drug-likeness (QED) is 0.709. The monoisotopic (exact) mass is 303 g/mol. The van der Waals surface area contributed by atoms with Crippen LogP contribution in [-0.2, 0) is 28.4 Å². The molecule has 1 aromatic heterocycles. The molecular formula is C13H25N3O3S. The molecule has 1 atom stereocenters. The van der Waals surface area contributed by atoms with E-state index in [0.29, 0.717) is 24.5 Å². The lowest BCUT2D eigenvalue weighted by Crippen LogP contribution is -2.33.